The molecule has 0 radical (unpaired) electrons. The van der Waals surface area contributed by atoms with Gasteiger partial charge in [0.2, 0.25) is 11.6 Å². The first kappa shape index (κ1) is 18.3. The van der Waals surface area contributed by atoms with Gasteiger partial charge in [0.15, 0.2) is 0 Å². The molecule has 0 aromatic heterocycles. The fraction of sp³-hybridized carbons (Fsp3) is 0.714. The van der Waals surface area contributed by atoms with Crippen molar-refractivity contribution < 1.29 is 28.7 Å². The van der Waals surface area contributed by atoms with E-state index in [1.54, 1.807) is 34.6 Å². The van der Waals surface area contributed by atoms with E-state index in [-0.39, 0.29) is 25.0 Å². The molecule has 0 fully saturated rings. The minimum Gasteiger partial charge on any atom is -0.457 e. The lowest BCUT2D eigenvalue weighted by Crippen LogP contribution is -2.26. The third-order valence-corrected chi connectivity index (χ3v) is 2.21. The lowest BCUT2D eigenvalue weighted by atomic mass is 9.98. The lowest BCUT2D eigenvalue weighted by Gasteiger charge is -2.11. The van der Waals surface area contributed by atoms with Crippen molar-refractivity contribution in [1.82, 2.24) is 0 Å². The van der Waals surface area contributed by atoms with Crippen LogP contribution in [0, 0.1) is 5.92 Å². The molecule has 0 atom stereocenters. The molecule has 0 saturated carbocycles. The Morgan fingerprint density at radius 2 is 1.00 bits per heavy atom. The van der Waals surface area contributed by atoms with Crippen LogP contribution in [0.2, 0.25) is 0 Å². The van der Waals surface area contributed by atoms with Gasteiger partial charge in [0.25, 0.3) is 0 Å². The molecule has 0 heterocycles. The first-order valence-corrected chi connectivity index (χ1v) is 6.61. The topological polar surface area (TPSA) is 86.7 Å². The molecule has 0 aliphatic carbocycles. The van der Waals surface area contributed by atoms with Gasteiger partial charge in [-0.2, -0.15) is 0 Å². The van der Waals surface area contributed by atoms with Crippen LogP contribution in [-0.4, -0.2) is 35.7 Å². The van der Waals surface area contributed by atoms with Crippen molar-refractivity contribution in [2.75, 3.05) is 0 Å². The average Bonchev–Trinajstić information content (AvgIpc) is 2.26. The summed E-state index contributed by atoms with van der Waals surface area (Å²) in [6.07, 6.45) is -1.01. The van der Waals surface area contributed by atoms with Crippen LogP contribution in [0.4, 0.5) is 0 Å². The number of ketones is 2. The number of carbonyl (C=O) groups is 4. The summed E-state index contributed by atoms with van der Waals surface area (Å²) in [7, 11) is 0. The molecule has 0 aliphatic heterocycles. The summed E-state index contributed by atoms with van der Waals surface area (Å²) in [6, 6.07) is 0. The van der Waals surface area contributed by atoms with Gasteiger partial charge >= 0.3 is 11.9 Å². The number of esters is 2. The van der Waals surface area contributed by atoms with E-state index < -0.39 is 29.4 Å². The number of hydrogen-bond donors (Lipinski definition) is 0. The Morgan fingerprint density at radius 3 is 1.25 bits per heavy atom. The zero-order valence-corrected chi connectivity index (χ0v) is 12.6. The zero-order valence-electron chi connectivity index (χ0n) is 12.6. The highest BCUT2D eigenvalue weighted by atomic mass is 16.6. The van der Waals surface area contributed by atoms with E-state index in [0.29, 0.717) is 0 Å². The Labute approximate surface area is 118 Å². The van der Waals surface area contributed by atoms with Crippen molar-refractivity contribution >= 4 is 23.5 Å². The number of Topliss-reactive ketones (excluding diaryl/α,β-unsaturated/α-hetero) is 2. The zero-order chi connectivity index (χ0) is 15.9. The maximum atomic E-state index is 11.5. The Kier molecular flexibility index (Phi) is 7.72. The maximum absolute atomic E-state index is 11.5. The molecule has 0 rings (SSSR count). The van der Waals surface area contributed by atoms with Gasteiger partial charge in [0, 0.05) is 12.8 Å². The normalized spacial score (nSPS) is 10.8. The number of carbonyl (C=O) groups excluding carboxylic acids is 4. The van der Waals surface area contributed by atoms with E-state index in [9.17, 15) is 19.2 Å². The van der Waals surface area contributed by atoms with Crippen molar-refractivity contribution in [2.24, 2.45) is 5.92 Å². The first-order chi connectivity index (χ1) is 9.13. The number of hydrogen-bond acceptors (Lipinski definition) is 6. The Bertz CT molecular complexity index is 347. The van der Waals surface area contributed by atoms with Gasteiger partial charge in [0.05, 0.1) is 12.2 Å². The Balaban J connectivity index is 4.25. The third-order valence-electron chi connectivity index (χ3n) is 2.21. The monoisotopic (exact) mass is 286 g/mol. The highest BCUT2D eigenvalue weighted by Crippen LogP contribution is 2.11. The van der Waals surface area contributed by atoms with Gasteiger partial charge in [-0.05, 0) is 33.6 Å². The van der Waals surface area contributed by atoms with E-state index in [0.717, 1.165) is 0 Å². The molecule has 6 nitrogen and oxygen atoms in total. The van der Waals surface area contributed by atoms with Gasteiger partial charge in [-0.15, -0.1) is 0 Å². The molecule has 0 aromatic rings. The molecular formula is C14H22O6. The van der Waals surface area contributed by atoms with Crippen LogP contribution in [0.5, 0.6) is 0 Å². The van der Waals surface area contributed by atoms with Crippen molar-refractivity contribution in [3.8, 4) is 0 Å². The molecule has 0 amide bonds. The van der Waals surface area contributed by atoms with Crippen LogP contribution in [0.15, 0.2) is 0 Å². The minimum absolute atomic E-state index is 0.133. The summed E-state index contributed by atoms with van der Waals surface area (Å²) < 4.78 is 9.51. The molecule has 114 valence electrons. The minimum atomic E-state index is -0.913. The Hall–Kier alpha value is -1.72. The van der Waals surface area contributed by atoms with Gasteiger partial charge in [-0.3, -0.25) is 9.59 Å². The largest absolute Gasteiger partial charge is 0.457 e. The van der Waals surface area contributed by atoms with Gasteiger partial charge in [0.1, 0.15) is 0 Å². The second-order valence-corrected chi connectivity index (χ2v) is 5.27. The van der Waals surface area contributed by atoms with Crippen molar-refractivity contribution in [2.45, 2.75) is 59.7 Å². The van der Waals surface area contributed by atoms with E-state index in [1.807, 2.05) is 0 Å². The summed E-state index contributed by atoms with van der Waals surface area (Å²) >= 11 is 0. The molecule has 0 N–H and O–H groups in total. The van der Waals surface area contributed by atoms with Gasteiger partial charge < -0.3 is 9.47 Å². The van der Waals surface area contributed by atoms with Crippen molar-refractivity contribution in [3.05, 3.63) is 0 Å². The van der Waals surface area contributed by atoms with Crippen LogP contribution in [0.1, 0.15) is 47.5 Å². The molecule has 0 unspecified atom stereocenters. The second-order valence-electron chi connectivity index (χ2n) is 5.27. The predicted molar refractivity (Wildman–Crippen MR) is 70.9 cm³/mol. The molecule has 0 saturated heterocycles. The molecule has 20 heavy (non-hydrogen) atoms. The third kappa shape index (κ3) is 7.66. The van der Waals surface area contributed by atoms with Gasteiger partial charge in [-0.1, -0.05) is 6.92 Å². The van der Waals surface area contributed by atoms with Crippen LogP contribution in [-0.2, 0) is 28.7 Å². The summed E-state index contributed by atoms with van der Waals surface area (Å²) in [5.41, 5.74) is 0. The molecular weight excluding hydrogens is 264 g/mol. The fourth-order valence-electron chi connectivity index (χ4n) is 1.43. The highest BCUT2D eigenvalue weighted by molar-refractivity contribution is 6.35. The van der Waals surface area contributed by atoms with Crippen molar-refractivity contribution in [1.29, 1.82) is 0 Å². The summed E-state index contributed by atoms with van der Waals surface area (Å²) in [4.78, 5) is 45.6. The Morgan fingerprint density at radius 1 is 0.700 bits per heavy atom. The maximum Gasteiger partial charge on any atom is 0.374 e. The molecule has 0 aliphatic rings. The average molecular weight is 286 g/mol. The van der Waals surface area contributed by atoms with E-state index >= 15 is 0 Å². The van der Waals surface area contributed by atoms with E-state index in [2.05, 4.69) is 0 Å². The van der Waals surface area contributed by atoms with Crippen LogP contribution >= 0.6 is 0 Å². The number of rotatable bonds is 8. The second kappa shape index (κ2) is 8.45. The highest BCUT2D eigenvalue weighted by Gasteiger charge is 2.24. The molecule has 0 spiro atoms. The van der Waals surface area contributed by atoms with Crippen LogP contribution in [0.3, 0.4) is 0 Å². The van der Waals surface area contributed by atoms with Crippen molar-refractivity contribution in [3.63, 3.8) is 0 Å². The van der Waals surface area contributed by atoms with Gasteiger partial charge in [-0.25, -0.2) is 9.59 Å². The molecule has 0 bridgehead atoms. The first-order valence-electron chi connectivity index (χ1n) is 6.61. The molecule has 6 heteroatoms. The standard InChI is InChI=1S/C14H22O6/c1-8(2)19-13(17)11(15)6-10(5)7-12(16)14(18)20-9(3)4/h8-10H,6-7H2,1-5H3. The van der Waals surface area contributed by atoms with E-state index in [1.165, 1.54) is 0 Å². The smallest absolute Gasteiger partial charge is 0.374 e. The lowest BCUT2D eigenvalue weighted by molar-refractivity contribution is -0.158. The van der Waals surface area contributed by atoms with Crippen LogP contribution < -0.4 is 0 Å². The summed E-state index contributed by atoms with van der Waals surface area (Å²) in [6.45, 7) is 8.17. The SMILES string of the molecule is CC(CC(=O)C(=O)OC(C)C)CC(=O)C(=O)OC(C)C. The summed E-state index contributed by atoms with van der Waals surface area (Å²) in [5, 5.41) is 0. The molecule has 0 aromatic carbocycles. The summed E-state index contributed by atoms with van der Waals surface area (Å²) in [5.74, 6) is -3.64. The van der Waals surface area contributed by atoms with E-state index in [4.69, 9.17) is 9.47 Å². The fourth-order valence-corrected chi connectivity index (χ4v) is 1.43. The van der Waals surface area contributed by atoms with Crippen LogP contribution in [0.25, 0.3) is 0 Å². The quantitative estimate of drug-likeness (QED) is 0.495. The number of ether oxygens (including phenoxy) is 2. The predicted octanol–water partition coefficient (Wildman–Crippen LogP) is 1.44.